The van der Waals surface area contributed by atoms with Gasteiger partial charge in [0.15, 0.2) is 0 Å². The van der Waals surface area contributed by atoms with Crippen LogP contribution in [0, 0.1) is 0 Å². The third-order valence-electron chi connectivity index (χ3n) is 4.70. The van der Waals surface area contributed by atoms with Crippen LogP contribution in [-0.4, -0.2) is 28.4 Å². The van der Waals surface area contributed by atoms with Crippen LogP contribution in [-0.2, 0) is 4.79 Å². The Morgan fingerprint density at radius 3 is 2.56 bits per heavy atom. The zero-order chi connectivity index (χ0) is 18.4. The van der Waals surface area contributed by atoms with Gasteiger partial charge in [0.2, 0.25) is 11.6 Å². The number of amides is 1. The molecule has 0 aliphatic carbocycles. The first-order chi connectivity index (χ1) is 12.0. The summed E-state index contributed by atoms with van der Waals surface area (Å²) in [6.07, 6.45) is 9.26. The van der Waals surface area contributed by atoms with Crippen LogP contribution in [0.15, 0.2) is 46.7 Å². The number of aromatic nitrogens is 1. The quantitative estimate of drug-likeness (QED) is 0.513. The zero-order valence-corrected chi connectivity index (χ0v) is 15.9. The molecule has 4 nitrogen and oxygen atoms in total. The van der Waals surface area contributed by atoms with E-state index in [0.717, 1.165) is 41.5 Å². The smallest absolute Gasteiger partial charge is 0.249 e. The van der Waals surface area contributed by atoms with E-state index < -0.39 is 0 Å². The minimum absolute atomic E-state index is 0.114. The van der Waals surface area contributed by atoms with Crippen molar-refractivity contribution in [1.29, 1.82) is 0 Å². The summed E-state index contributed by atoms with van der Waals surface area (Å²) in [5.41, 5.74) is 3.53. The van der Waals surface area contributed by atoms with E-state index in [2.05, 4.69) is 18.8 Å². The molecule has 0 saturated heterocycles. The highest BCUT2D eigenvalue weighted by molar-refractivity contribution is 5.94. The number of rotatable bonds is 7. The van der Waals surface area contributed by atoms with Crippen molar-refractivity contribution in [1.82, 2.24) is 9.88 Å². The molecular formula is C21H28N2O2. The fourth-order valence-electron chi connectivity index (χ4n) is 3.15. The zero-order valence-electron chi connectivity index (χ0n) is 15.9. The van der Waals surface area contributed by atoms with Crippen LogP contribution in [0.25, 0.3) is 16.7 Å². The summed E-state index contributed by atoms with van der Waals surface area (Å²) >= 11 is 0. The van der Waals surface area contributed by atoms with E-state index in [1.807, 2.05) is 50.0 Å². The summed E-state index contributed by atoms with van der Waals surface area (Å²) in [5.74, 6) is 0.114. The summed E-state index contributed by atoms with van der Waals surface area (Å²) in [7, 11) is 0. The van der Waals surface area contributed by atoms with Gasteiger partial charge < -0.3 is 9.32 Å². The van der Waals surface area contributed by atoms with E-state index in [4.69, 9.17) is 4.42 Å². The van der Waals surface area contributed by atoms with Gasteiger partial charge in [0.1, 0.15) is 0 Å². The third kappa shape index (κ3) is 4.19. The summed E-state index contributed by atoms with van der Waals surface area (Å²) in [5, 5.41) is 0.987. The van der Waals surface area contributed by atoms with Crippen molar-refractivity contribution in [2.75, 3.05) is 6.54 Å². The van der Waals surface area contributed by atoms with Crippen molar-refractivity contribution < 1.29 is 9.21 Å². The van der Waals surface area contributed by atoms with Gasteiger partial charge in [0, 0.05) is 29.7 Å². The summed E-state index contributed by atoms with van der Waals surface area (Å²) < 4.78 is 5.36. The van der Waals surface area contributed by atoms with Crippen LogP contribution in [0.2, 0.25) is 0 Å². The third-order valence-corrected chi connectivity index (χ3v) is 4.70. The highest BCUT2D eigenvalue weighted by Gasteiger charge is 2.20. The first-order valence-electron chi connectivity index (χ1n) is 9.02. The maximum absolute atomic E-state index is 12.8. The van der Waals surface area contributed by atoms with Gasteiger partial charge in [-0.05, 0) is 56.9 Å². The van der Waals surface area contributed by atoms with Gasteiger partial charge in [0.25, 0.3) is 0 Å². The van der Waals surface area contributed by atoms with Crippen molar-refractivity contribution in [2.45, 2.75) is 53.5 Å². The van der Waals surface area contributed by atoms with E-state index >= 15 is 0 Å². The second-order valence-corrected chi connectivity index (χ2v) is 6.26. The van der Waals surface area contributed by atoms with Crippen LogP contribution >= 0.6 is 0 Å². The Balaban J connectivity index is 2.25. The average molecular weight is 340 g/mol. The highest BCUT2D eigenvalue weighted by Crippen LogP contribution is 2.24. The summed E-state index contributed by atoms with van der Waals surface area (Å²) in [6, 6.07) is 4.19. The largest absolute Gasteiger partial charge is 0.446 e. The number of pyridine rings is 1. The van der Waals surface area contributed by atoms with Crippen LogP contribution in [0.3, 0.4) is 0 Å². The predicted molar refractivity (Wildman–Crippen MR) is 103 cm³/mol. The molecule has 0 saturated carbocycles. The number of carbonyl (C=O) groups excluding carboxylic acids is 1. The Morgan fingerprint density at radius 1 is 1.20 bits per heavy atom. The summed E-state index contributed by atoms with van der Waals surface area (Å²) in [6.45, 7) is 11.0. The Bertz CT molecular complexity index is 782. The molecule has 0 aliphatic heterocycles. The molecule has 25 heavy (non-hydrogen) atoms. The molecule has 2 aromatic rings. The number of carbonyl (C=O) groups is 1. The average Bonchev–Trinajstić information content (AvgIpc) is 3.11. The molecule has 134 valence electrons. The fourth-order valence-corrected chi connectivity index (χ4v) is 3.15. The number of nitrogens with zero attached hydrogens (tertiary/aromatic N) is 2. The first kappa shape index (κ1) is 19.0. The maximum atomic E-state index is 12.8. The topological polar surface area (TPSA) is 46.3 Å². The molecule has 0 spiro atoms. The molecule has 4 heteroatoms. The minimum Gasteiger partial charge on any atom is -0.446 e. The standard InChI is InChI=1S/C21H28N2O2/c1-6-17(7-2)23(8-3)21(24)16(5)10-9-15(4)18-11-13-22-20-19(18)12-14-25-20/h9-14,17H,6-8H2,1-5H3/b15-9+,16-10+. The predicted octanol–water partition coefficient (Wildman–Crippen LogP) is 5.21. The van der Waals surface area contributed by atoms with Gasteiger partial charge in [0.05, 0.1) is 6.26 Å². The van der Waals surface area contributed by atoms with E-state index in [-0.39, 0.29) is 5.91 Å². The van der Waals surface area contributed by atoms with E-state index in [1.54, 1.807) is 12.5 Å². The van der Waals surface area contributed by atoms with E-state index in [9.17, 15) is 4.79 Å². The highest BCUT2D eigenvalue weighted by atomic mass is 16.3. The molecule has 0 N–H and O–H groups in total. The SMILES string of the molecule is CCC(CC)N(CC)C(=O)/C(C)=C/C=C(\C)c1ccnc2occc12. The van der Waals surface area contributed by atoms with Crippen LogP contribution in [0.4, 0.5) is 0 Å². The Labute approximate surface area is 150 Å². The molecule has 0 atom stereocenters. The van der Waals surface area contributed by atoms with Crippen LogP contribution in [0.5, 0.6) is 0 Å². The lowest BCUT2D eigenvalue weighted by Crippen LogP contribution is -2.39. The Hall–Kier alpha value is -2.36. The summed E-state index contributed by atoms with van der Waals surface area (Å²) in [4.78, 5) is 18.9. The number of hydrogen-bond acceptors (Lipinski definition) is 3. The van der Waals surface area contributed by atoms with Crippen molar-refractivity contribution >= 4 is 22.6 Å². The molecule has 1 amide bonds. The second-order valence-electron chi connectivity index (χ2n) is 6.26. The van der Waals surface area contributed by atoms with Crippen molar-refractivity contribution in [3.63, 3.8) is 0 Å². The van der Waals surface area contributed by atoms with Crippen LogP contribution in [0.1, 0.15) is 53.0 Å². The second kappa shape index (κ2) is 8.65. The first-order valence-corrected chi connectivity index (χ1v) is 9.02. The van der Waals surface area contributed by atoms with Crippen molar-refractivity contribution in [3.8, 4) is 0 Å². The monoisotopic (exact) mass is 340 g/mol. The van der Waals surface area contributed by atoms with Crippen molar-refractivity contribution in [2.24, 2.45) is 0 Å². The normalized spacial score (nSPS) is 12.9. The molecule has 0 aliphatic rings. The fraction of sp³-hybridized carbons (Fsp3) is 0.429. The van der Waals surface area contributed by atoms with Gasteiger partial charge in [-0.15, -0.1) is 0 Å². The molecule has 2 aromatic heterocycles. The molecule has 0 bridgehead atoms. The molecule has 0 fully saturated rings. The lowest BCUT2D eigenvalue weighted by Gasteiger charge is -2.29. The molecule has 2 heterocycles. The van der Waals surface area contributed by atoms with Gasteiger partial charge >= 0.3 is 0 Å². The molecule has 0 unspecified atom stereocenters. The maximum Gasteiger partial charge on any atom is 0.249 e. The minimum atomic E-state index is 0.114. The Morgan fingerprint density at radius 2 is 1.92 bits per heavy atom. The molecule has 0 radical (unpaired) electrons. The molecule has 2 rings (SSSR count). The van der Waals surface area contributed by atoms with Crippen LogP contribution < -0.4 is 0 Å². The molecule has 0 aromatic carbocycles. The van der Waals surface area contributed by atoms with Gasteiger partial charge in [-0.1, -0.05) is 26.0 Å². The number of furan rings is 1. The van der Waals surface area contributed by atoms with Gasteiger partial charge in [-0.3, -0.25) is 4.79 Å². The van der Waals surface area contributed by atoms with Gasteiger partial charge in [-0.25, -0.2) is 4.98 Å². The number of hydrogen-bond donors (Lipinski definition) is 0. The van der Waals surface area contributed by atoms with Gasteiger partial charge in [-0.2, -0.15) is 0 Å². The molecular weight excluding hydrogens is 312 g/mol. The Kier molecular flexibility index (Phi) is 6.57. The van der Waals surface area contributed by atoms with E-state index in [1.165, 1.54) is 0 Å². The number of likely N-dealkylation sites (N-methyl/N-ethyl adjacent to an activating group) is 1. The number of allylic oxidation sites excluding steroid dienone is 3. The lowest BCUT2D eigenvalue weighted by atomic mass is 10.0. The lowest BCUT2D eigenvalue weighted by molar-refractivity contribution is -0.129. The van der Waals surface area contributed by atoms with Crippen molar-refractivity contribution in [3.05, 3.63) is 47.9 Å². The number of fused-ring (bicyclic) bond motifs is 1. The van der Waals surface area contributed by atoms with E-state index in [0.29, 0.717) is 11.8 Å².